The van der Waals surface area contributed by atoms with Crippen LogP contribution in [0.2, 0.25) is 0 Å². The summed E-state index contributed by atoms with van der Waals surface area (Å²) in [6.45, 7) is 2.74. The van der Waals surface area contributed by atoms with Gasteiger partial charge in [0, 0.05) is 50.8 Å². The average molecular weight is 459 g/mol. The average Bonchev–Trinajstić information content (AvgIpc) is 2.76. The zero-order chi connectivity index (χ0) is 22.9. The Bertz CT molecular complexity index is 1230. The number of ether oxygens (including phenoxy) is 2. The molecule has 3 heterocycles. The van der Waals surface area contributed by atoms with Crippen molar-refractivity contribution in [3.05, 3.63) is 42.2 Å². The van der Waals surface area contributed by atoms with E-state index in [1.165, 1.54) is 4.31 Å². The molecule has 32 heavy (non-hydrogen) atoms. The SMILES string of the molecule is Cc1cc(-c2cc3nccnc3c(OC[C@@H]3CN(S(N)(=O)=O)CCO3)n2)ccc1N(C)C. The van der Waals surface area contributed by atoms with E-state index in [2.05, 4.69) is 32.8 Å². The number of benzene rings is 1. The van der Waals surface area contributed by atoms with Crippen molar-refractivity contribution in [2.75, 3.05) is 45.3 Å². The van der Waals surface area contributed by atoms with Crippen molar-refractivity contribution in [3.8, 4) is 17.1 Å². The highest BCUT2D eigenvalue weighted by molar-refractivity contribution is 7.86. The number of nitrogens with zero attached hydrogens (tertiary/aromatic N) is 5. The van der Waals surface area contributed by atoms with Crippen LogP contribution < -0.4 is 14.8 Å². The number of rotatable bonds is 6. The number of aryl methyl sites for hydroxylation is 1. The minimum Gasteiger partial charge on any atom is -0.473 e. The summed E-state index contributed by atoms with van der Waals surface area (Å²) >= 11 is 0. The van der Waals surface area contributed by atoms with Crippen LogP contribution in [0.1, 0.15) is 5.56 Å². The van der Waals surface area contributed by atoms with E-state index >= 15 is 0 Å². The van der Waals surface area contributed by atoms with Crippen LogP contribution in [0.15, 0.2) is 36.7 Å². The quantitative estimate of drug-likeness (QED) is 0.587. The summed E-state index contributed by atoms with van der Waals surface area (Å²) in [5.41, 5.74) is 5.06. The number of fused-ring (bicyclic) bond motifs is 1. The second-order valence-corrected chi connectivity index (χ2v) is 9.39. The van der Waals surface area contributed by atoms with Crippen LogP contribution in [0, 0.1) is 6.92 Å². The summed E-state index contributed by atoms with van der Waals surface area (Å²) in [6.07, 6.45) is 2.72. The fourth-order valence-electron chi connectivity index (χ4n) is 3.70. The van der Waals surface area contributed by atoms with E-state index in [1.54, 1.807) is 12.4 Å². The van der Waals surface area contributed by atoms with Crippen molar-refractivity contribution in [1.29, 1.82) is 0 Å². The molecule has 1 aliphatic rings. The highest BCUT2D eigenvalue weighted by Crippen LogP contribution is 2.30. The molecule has 0 unspecified atom stereocenters. The summed E-state index contributed by atoms with van der Waals surface area (Å²) in [6, 6.07) is 7.99. The first-order chi connectivity index (χ1) is 15.2. The molecule has 3 aromatic rings. The highest BCUT2D eigenvalue weighted by Gasteiger charge is 2.28. The van der Waals surface area contributed by atoms with Crippen molar-refractivity contribution in [3.63, 3.8) is 0 Å². The fourth-order valence-corrected chi connectivity index (χ4v) is 4.41. The molecule has 1 atom stereocenters. The molecule has 0 radical (unpaired) electrons. The molecule has 4 rings (SSSR count). The van der Waals surface area contributed by atoms with Crippen molar-refractivity contribution in [1.82, 2.24) is 19.3 Å². The van der Waals surface area contributed by atoms with Crippen LogP contribution in [0.5, 0.6) is 5.88 Å². The molecule has 0 saturated carbocycles. The molecule has 0 aliphatic carbocycles. The van der Waals surface area contributed by atoms with Gasteiger partial charge in [0.2, 0.25) is 5.88 Å². The van der Waals surface area contributed by atoms with Gasteiger partial charge in [-0.3, -0.25) is 4.98 Å². The van der Waals surface area contributed by atoms with Crippen molar-refractivity contribution in [2.45, 2.75) is 13.0 Å². The molecule has 0 amide bonds. The summed E-state index contributed by atoms with van der Waals surface area (Å²) < 4.78 is 36.1. The Labute approximate surface area is 187 Å². The number of morpholine rings is 1. The molecule has 1 aliphatic heterocycles. The highest BCUT2D eigenvalue weighted by atomic mass is 32.2. The summed E-state index contributed by atoms with van der Waals surface area (Å²) in [5, 5.41) is 5.25. The Kier molecular flexibility index (Phi) is 6.24. The molecule has 1 aromatic carbocycles. The Morgan fingerprint density at radius 3 is 2.75 bits per heavy atom. The van der Waals surface area contributed by atoms with Crippen LogP contribution in [0.4, 0.5) is 5.69 Å². The van der Waals surface area contributed by atoms with E-state index in [9.17, 15) is 8.42 Å². The molecule has 1 fully saturated rings. The minimum absolute atomic E-state index is 0.104. The van der Waals surface area contributed by atoms with Gasteiger partial charge in [0.25, 0.3) is 10.2 Å². The Morgan fingerprint density at radius 2 is 2.03 bits per heavy atom. The second-order valence-electron chi connectivity index (χ2n) is 7.84. The van der Waals surface area contributed by atoms with E-state index in [0.717, 1.165) is 16.8 Å². The Balaban J connectivity index is 1.62. The molecule has 2 N–H and O–H groups in total. The third kappa shape index (κ3) is 4.80. The Hall–Kier alpha value is -2.86. The lowest BCUT2D eigenvalue weighted by atomic mass is 10.1. The zero-order valence-corrected chi connectivity index (χ0v) is 19.0. The lowest BCUT2D eigenvalue weighted by molar-refractivity contribution is -0.0254. The predicted octanol–water partition coefficient (Wildman–Crippen LogP) is 1.35. The first-order valence-electron chi connectivity index (χ1n) is 10.1. The summed E-state index contributed by atoms with van der Waals surface area (Å²) in [4.78, 5) is 15.5. The molecule has 10 nitrogen and oxygen atoms in total. The van der Waals surface area contributed by atoms with Crippen molar-refractivity contribution in [2.24, 2.45) is 5.14 Å². The van der Waals surface area contributed by atoms with Crippen LogP contribution in [0.3, 0.4) is 0 Å². The van der Waals surface area contributed by atoms with Gasteiger partial charge in [0.1, 0.15) is 12.7 Å². The number of aromatic nitrogens is 3. The van der Waals surface area contributed by atoms with Gasteiger partial charge < -0.3 is 14.4 Å². The smallest absolute Gasteiger partial charge is 0.277 e. The summed E-state index contributed by atoms with van der Waals surface area (Å²) in [5.74, 6) is 0.316. The van der Waals surface area contributed by atoms with Gasteiger partial charge in [0.05, 0.1) is 17.8 Å². The maximum atomic E-state index is 11.6. The molecule has 0 bridgehead atoms. The maximum absolute atomic E-state index is 11.6. The third-order valence-electron chi connectivity index (χ3n) is 5.27. The van der Waals surface area contributed by atoms with Gasteiger partial charge in [-0.25, -0.2) is 15.1 Å². The largest absolute Gasteiger partial charge is 0.473 e. The van der Waals surface area contributed by atoms with Gasteiger partial charge in [0.15, 0.2) is 5.52 Å². The topological polar surface area (TPSA) is 124 Å². The van der Waals surface area contributed by atoms with E-state index in [4.69, 9.17) is 14.6 Å². The van der Waals surface area contributed by atoms with Crippen LogP contribution >= 0.6 is 0 Å². The molecule has 0 spiro atoms. The molecule has 170 valence electrons. The van der Waals surface area contributed by atoms with Gasteiger partial charge >= 0.3 is 0 Å². The normalized spacial score (nSPS) is 17.4. The molecule has 1 saturated heterocycles. The third-order valence-corrected chi connectivity index (χ3v) is 6.32. The summed E-state index contributed by atoms with van der Waals surface area (Å²) in [7, 11) is 0.228. The standard InChI is InChI=1S/C21H26N6O4S/c1-14-10-15(4-5-19(14)26(2)3)17-11-18-20(24-7-6-23-18)21(25-17)31-13-16-12-27(8-9-30-16)32(22,28)29/h4-7,10-11,16H,8-9,12-13H2,1-3H3,(H2,22,28,29)/t16-/m0/s1. The van der Waals surface area contributed by atoms with E-state index in [0.29, 0.717) is 22.6 Å². The van der Waals surface area contributed by atoms with Crippen molar-refractivity contribution < 1.29 is 17.9 Å². The van der Waals surface area contributed by atoms with E-state index in [-0.39, 0.29) is 26.3 Å². The van der Waals surface area contributed by atoms with Gasteiger partial charge in [-0.1, -0.05) is 6.07 Å². The van der Waals surface area contributed by atoms with Crippen LogP contribution in [0.25, 0.3) is 22.3 Å². The molecule has 2 aromatic heterocycles. The van der Waals surface area contributed by atoms with Crippen molar-refractivity contribution >= 4 is 26.9 Å². The first kappa shape index (κ1) is 22.3. The number of nitrogens with two attached hydrogens (primary N) is 1. The van der Waals surface area contributed by atoms with E-state index in [1.807, 2.05) is 32.3 Å². The maximum Gasteiger partial charge on any atom is 0.277 e. The molecule has 11 heteroatoms. The number of hydrogen-bond donors (Lipinski definition) is 1. The second kappa shape index (κ2) is 8.94. The number of anilines is 1. The van der Waals surface area contributed by atoms with Gasteiger partial charge in [-0.15, -0.1) is 0 Å². The number of pyridine rings is 1. The monoisotopic (exact) mass is 458 g/mol. The lowest BCUT2D eigenvalue weighted by Gasteiger charge is -2.30. The first-order valence-corrected chi connectivity index (χ1v) is 11.6. The molecular weight excluding hydrogens is 432 g/mol. The Morgan fingerprint density at radius 1 is 1.25 bits per heavy atom. The minimum atomic E-state index is -3.78. The predicted molar refractivity (Wildman–Crippen MR) is 122 cm³/mol. The molecular formula is C21H26N6O4S. The van der Waals surface area contributed by atoms with Gasteiger partial charge in [-0.2, -0.15) is 12.7 Å². The zero-order valence-electron chi connectivity index (χ0n) is 18.2. The number of hydrogen-bond acceptors (Lipinski definition) is 8. The lowest BCUT2D eigenvalue weighted by Crippen LogP contribution is -2.49. The fraction of sp³-hybridized carbons (Fsp3) is 0.381. The van der Waals surface area contributed by atoms with E-state index < -0.39 is 16.3 Å². The van der Waals surface area contributed by atoms with Gasteiger partial charge in [-0.05, 0) is 30.7 Å². The van der Waals surface area contributed by atoms with Crippen LogP contribution in [-0.2, 0) is 14.9 Å². The van der Waals surface area contributed by atoms with Crippen LogP contribution in [-0.4, -0.2) is 74.2 Å².